The van der Waals surface area contributed by atoms with Crippen LogP contribution in [0, 0.1) is 13.8 Å². The minimum atomic E-state index is -1.37. The molecule has 0 bridgehead atoms. The number of aromatic nitrogens is 5. The molecule has 5 rings (SSSR count). The van der Waals surface area contributed by atoms with Crippen LogP contribution in [0.3, 0.4) is 0 Å². The number of benzene rings is 1. The van der Waals surface area contributed by atoms with Crippen LogP contribution in [0.4, 0.5) is 10.5 Å². The summed E-state index contributed by atoms with van der Waals surface area (Å²) in [4.78, 5) is 41.0. The highest BCUT2D eigenvalue weighted by molar-refractivity contribution is 6.76. The fourth-order valence-electron chi connectivity index (χ4n) is 5.04. The van der Waals surface area contributed by atoms with Crippen LogP contribution in [-0.2, 0) is 22.7 Å². The van der Waals surface area contributed by atoms with Crippen molar-refractivity contribution < 1.29 is 23.6 Å². The Balaban J connectivity index is 1.52. The molecule has 12 nitrogen and oxygen atoms in total. The molecule has 248 valence electrons. The Morgan fingerprint density at radius 3 is 2.49 bits per heavy atom. The lowest BCUT2D eigenvalue weighted by atomic mass is 10.1. The molecule has 4 heterocycles. The summed E-state index contributed by atoms with van der Waals surface area (Å²) < 4.78 is 21.4. The van der Waals surface area contributed by atoms with E-state index in [-0.39, 0.29) is 17.9 Å². The largest absolute Gasteiger partial charge is 0.443 e. The van der Waals surface area contributed by atoms with Gasteiger partial charge >= 0.3 is 6.09 Å². The Kier molecular flexibility index (Phi) is 9.41. The van der Waals surface area contributed by atoms with E-state index in [0.29, 0.717) is 41.4 Å². The molecule has 0 saturated heterocycles. The first-order valence-electron chi connectivity index (χ1n) is 15.5. The number of anilines is 1. The second kappa shape index (κ2) is 13.2. The highest BCUT2D eigenvalue weighted by atomic mass is 28.3. The summed E-state index contributed by atoms with van der Waals surface area (Å²) in [5.41, 5.74) is 2.31. The van der Waals surface area contributed by atoms with Gasteiger partial charge in [0, 0.05) is 38.0 Å². The number of pyridine rings is 1. The second-order valence-electron chi connectivity index (χ2n) is 13.9. The molecule has 0 atom stereocenters. The molecule has 0 aliphatic carbocycles. The van der Waals surface area contributed by atoms with Gasteiger partial charge in [0.1, 0.15) is 18.1 Å². The Hall–Kier alpha value is -4.75. The number of nitrogens with one attached hydrogen (secondary N) is 1. The molecule has 1 N–H and O–H groups in total. The van der Waals surface area contributed by atoms with Crippen molar-refractivity contribution in [1.82, 2.24) is 24.1 Å². The van der Waals surface area contributed by atoms with E-state index in [1.807, 2.05) is 32.0 Å². The second-order valence-corrected chi connectivity index (χ2v) is 19.5. The predicted molar refractivity (Wildman–Crippen MR) is 183 cm³/mol. The van der Waals surface area contributed by atoms with Crippen LogP contribution in [0.1, 0.15) is 48.1 Å². The van der Waals surface area contributed by atoms with E-state index in [1.165, 1.54) is 15.3 Å². The minimum Gasteiger partial charge on any atom is -0.443 e. The molecule has 0 spiro atoms. The Morgan fingerprint density at radius 1 is 1.06 bits per heavy atom. The van der Waals surface area contributed by atoms with E-state index in [9.17, 15) is 14.4 Å². The van der Waals surface area contributed by atoms with Gasteiger partial charge in [-0.25, -0.2) is 9.36 Å². The molecule has 0 aliphatic rings. The number of amides is 1. The normalized spacial score (nSPS) is 12.1. The maximum absolute atomic E-state index is 14.0. The van der Waals surface area contributed by atoms with E-state index >= 15 is 0 Å². The van der Waals surface area contributed by atoms with Crippen LogP contribution in [0.5, 0.6) is 0 Å². The molecule has 47 heavy (non-hydrogen) atoms. The lowest BCUT2D eigenvalue weighted by Crippen LogP contribution is -2.29. The molecule has 5 aromatic rings. The predicted octanol–water partition coefficient (Wildman–Crippen LogP) is 6.67. The van der Waals surface area contributed by atoms with Gasteiger partial charge in [-0.15, -0.1) is 0 Å². The van der Waals surface area contributed by atoms with E-state index in [0.717, 1.165) is 22.7 Å². The van der Waals surface area contributed by atoms with Crippen LogP contribution < -0.4 is 10.9 Å². The third-order valence-electron chi connectivity index (χ3n) is 7.53. The zero-order valence-corrected chi connectivity index (χ0v) is 29.2. The highest BCUT2D eigenvalue weighted by Gasteiger charge is 2.25. The Morgan fingerprint density at radius 2 is 1.81 bits per heavy atom. The molecule has 1 aromatic carbocycles. The lowest BCUT2D eigenvalue weighted by Gasteiger charge is -2.21. The molecule has 4 aromatic heterocycles. The number of fused-ring (bicyclic) bond motifs is 1. The molecular formula is C34H42N6O6Si. The maximum atomic E-state index is 14.0. The van der Waals surface area contributed by atoms with Crippen molar-refractivity contribution in [2.24, 2.45) is 0 Å². The average Bonchev–Trinajstić information content (AvgIpc) is 3.69. The van der Waals surface area contributed by atoms with Crippen molar-refractivity contribution in [3.63, 3.8) is 0 Å². The van der Waals surface area contributed by atoms with Gasteiger partial charge in [0.05, 0.1) is 46.5 Å². The van der Waals surface area contributed by atoms with E-state index in [4.69, 9.17) is 14.0 Å². The summed E-state index contributed by atoms with van der Waals surface area (Å²) in [6.45, 7) is 16.7. The van der Waals surface area contributed by atoms with Crippen molar-refractivity contribution in [2.45, 2.75) is 79.2 Å². The smallest absolute Gasteiger partial charge is 0.419 e. The first-order valence-corrected chi connectivity index (χ1v) is 19.2. The van der Waals surface area contributed by atoms with Crippen molar-refractivity contribution in [2.75, 3.05) is 11.9 Å². The summed E-state index contributed by atoms with van der Waals surface area (Å²) in [7, 11) is -1.37. The van der Waals surface area contributed by atoms with Crippen LogP contribution >= 0.6 is 0 Å². The number of nitrogens with zero attached hydrogens (tertiary/aromatic N) is 5. The third-order valence-corrected chi connectivity index (χ3v) is 9.23. The van der Waals surface area contributed by atoms with Gasteiger partial charge in [-0.2, -0.15) is 5.10 Å². The highest BCUT2D eigenvalue weighted by Crippen LogP contribution is 2.29. The monoisotopic (exact) mass is 658 g/mol. The average molecular weight is 659 g/mol. The Bertz CT molecular complexity index is 1970. The first kappa shape index (κ1) is 33.6. The van der Waals surface area contributed by atoms with Crippen LogP contribution in [0.15, 0.2) is 64.3 Å². The summed E-state index contributed by atoms with van der Waals surface area (Å²) in [6, 6.07) is 11.6. The van der Waals surface area contributed by atoms with Crippen LogP contribution in [-0.4, -0.2) is 56.4 Å². The zero-order chi connectivity index (χ0) is 34.1. The van der Waals surface area contributed by atoms with E-state index in [1.54, 1.807) is 56.0 Å². The Labute approximate surface area is 274 Å². The van der Waals surface area contributed by atoms with E-state index in [2.05, 4.69) is 35.2 Å². The van der Waals surface area contributed by atoms with Crippen LogP contribution in [0.25, 0.3) is 22.2 Å². The van der Waals surface area contributed by atoms with Gasteiger partial charge < -0.3 is 19.3 Å². The van der Waals surface area contributed by atoms with Crippen molar-refractivity contribution in [1.29, 1.82) is 0 Å². The fourth-order valence-corrected chi connectivity index (χ4v) is 5.80. The van der Waals surface area contributed by atoms with E-state index < -0.39 is 25.7 Å². The number of carbonyl (C=O) groups is 2. The summed E-state index contributed by atoms with van der Waals surface area (Å²) in [5.74, 6) is 0.271. The number of hydrogen-bond donors (Lipinski definition) is 1. The number of hydrogen-bond acceptors (Lipinski definition) is 8. The van der Waals surface area contributed by atoms with Gasteiger partial charge in [0.2, 0.25) is 0 Å². The van der Waals surface area contributed by atoms with Crippen molar-refractivity contribution >= 4 is 36.7 Å². The molecule has 0 radical (unpaired) electrons. The molecule has 0 aliphatic heterocycles. The maximum Gasteiger partial charge on any atom is 0.419 e. The van der Waals surface area contributed by atoms with Crippen LogP contribution in [0.2, 0.25) is 25.7 Å². The first-order chi connectivity index (χ1) is 22.1. The van der Waals surface area contributed by atoms with Crippen molar-refractivity contribution in [3.05, 3.63) is 87.9 Å². The number of para-hydroxylation sites is 1. The molecule has 0 fully saturated rings. The number of ether oxygens (including phenoxy) is 2. The standard InChI is InChI=1S/C34H42N6O6Si/c1-22-28(23(2)46-37-22)20-39-18-25(17-35-39)31(41)36-26-16-27(32(42)38(19-26)21-44-13-14-47(6,7)8)30-15-24-11-9-10-12-29(24)40(30)33(43)45-34(3,4)5/h9-12,15-19H,13-14,20-21H2,1-8H3,(H,36,41). The number of carbonyl (C=O) groups excluding carboxylic acids is 2. The number of rotatable bonds is 10. The minimum absolute atomic E-state index is 0.0257. The van der Waals surface area contributed by atoms with Gasteiger partial charge in [-0.05, 0) is 58.9 Å². The summed E-state index contributed by atoms with van der Waals surface area (Å²) in [5, 5.41) is 12.0. The SMILES string of the molecule is Cc1noc(C)c1Cn1cc(C(=O)Nc2cc(-c3cc4ccccc4n3C(=O)OC(C)(C)C)c(=O)n(COCC[Si](C)(C)C)c2)cn1. The molecular weight excluding hydrogens is 616 g/mol. The van der Waals surface area contributed by atoms with Gasteiger partial charge in [-0.3, -0.25) is 18.8 Å². The summed E-state index contributed by atoms with van der Waals surface area (Å²) in [6.07, 6.45) is 4.04. The fraction of sp³-hybridized carbons (Fsp3) is 0.382. The topological polar surface area (TPSA) is 135 Å². The molecule has 0 saturated carbocycles. The third kappa shape index (κ3) is 7.98. The zero-order valence-electron chi connectivity index (χ0n) is 28.2. The van der Waals surface area contributed by atoms with Gasteiger partial charge in [-0.1, -0.05) is 43.0 Å². The molecule has 0 unspecified atom stereocenters. The number of aryl methyl sites for hydroxylation is 2. The molecule has 13 heteroatoms. The van der Waals surface area contributed by atoms with Crippen molar-refractivity contribution in [3.8, 4) is 11.3 Å². The lowest BCUT2D eigenvalue weighted by molar-refractivity contribution is 0.0547. The van der Waals surface area contributed by atoms with Gasteiger partial charge in [0.25, 0.3) is 11.5 Å². The molecule has 1 amide bonds. The quantitative estimate of drug-likeness (QED) is 0.130. The van der Waals surface area contributed by atoms with Gasteiger partial charge in [0.15, 0.2) is 0 Å². The summed E-state index contributed by atoms with van der Waals surface area (Å²) >= 11 is 0.